The lowest BCUT2D eigenvalue weighted by molar-refractivity contribution is -0.384. The molecule has 0 bridgehead atoms. The van der Waals surface area contributed by atoms with Crippen LogP contribution in [0.15, 0.2) is 60.7 Å². The summed E-state index contributed by atoms with van der Waals surface area (Å²) >= 11 is 0. The van der Waals surface area contributed by atoms with Crippen molar-refractivity contribution in [2.45, 2.75) is 19.8 Å². The summed E-state index contributed by atoms with van der Waals surface area (Å²) in [5, 5.41) is 22.5. The van der Waals surface area contributed by atoms with E-state index in [1.54, 1.807) is 6.07 Å². The zero-order valence-electron chi connectivity index (χ0n) is 17.2. The minimum atomic E-state index is -0.524. The Bertz CT molecular complexity index is 1090. The number of aromatic nitrogens is 2. The number of piperidine rings is 1. The highest BCUT2D eigenvalue weighted by Gasteiger charge is 2.17. The van der Waals surface area contributed by atoms with Crippen molar-refractivity contribution in [1.82, 2.24) is 10.2 Å². The third-order valence-corrected chi connectivity index (χ3v) is 5.49. The summed E-state index contributed by atoms with van der Waals surface area (Å²) in [6.07, 6.45) is 2.32. The van der Waals surface area contributed by atoms with Crippen LogP contribution in [0.1, 0.15) is 30.1 Å². The number of carbonyl (C=O) groups is 1. The molecule has 1 aliphatic rings. The summed E-state index contributed by atoms with van der Waals surface area (Å²) in [4.78, 5) is 25.2. The maximum absolute atomic E-state index is 12.5. The maximum atomic E-state index is 12.5. The maximum Gasteiger partial charge on any atom is 0.270 e. The largest absolute Gasteiger partial charge is 0.355 e. The molecule has 1 fully saturated rings. The molecule has 1 aliphatic heterocycles. The van der Waals surface area contributed by atoms with Gasteiger partial charge in [0.2, 0.25) is 0 Å². The average molecular weight is 417 g/mol. The Balaban J connectivity index is 1.47. The second-order valence-corrected chi connectivity index (χ2v) is 7.79. The number of rotatable bonds is 5. The number of non-ortho nitro benzene ring substituents is 1. The molecule has 8 heteroatoms. The van der Waals surface area contributed by atoms with Crippen LogP contribution in [0.5, 0.6) is 0 Å². The smallest absolute Gasteiger partial charge is 0.270 e. The van der Waals surface area contributed by atoms with E-state index in [-0.39, 0.29) is 11.3 Å². The molecule has 4 rings (SSSR count). The number of nitrogens with zero attached hydrogens (tertiary/aromatic N) is 4. The van der Waals surface area contributed by atoms with E-state index in [1.807, 2.05) is 30.3 Å². The normalized spacial score (nSPS) is 14.3. The van der Waals surface area contributed by atoms with Crippen molar-refractivity contribution in [3.63, 3.8) is 0 Å². The van der Waals surface area contributed by atoms with Crippen LogP contribution < -0.4 is 10.2 Å². The SMILES string of the molecule is CC1CCN(c2ccc(-c3cccc(NC(=O)c4cccc([N+](=O)[O-])c4)c3)nn2)CC1. The molecule has 0 unspecified atom stereocenters. The number of benzene rings is 2. The second-order valence-electron chi connectivity index (χ2n) is 7.79. The van der Waals surface area contributed by atoms with Gasteiger partial charge in [0, 0.05) is 42.0 Å². The van der Waals surface area contributed by atoms with Gasteiger partial charge in [-0.2, -0.15) is 0 Å². The molecule has 0 saturated carbocycles. The molecule has 1 saturated heterocycles. The molecule has 3 aromatic rings. The van der Waals surface area contributed by atoms with Gasteiger partial charge in [-0.25, -0.2) is 0 Å². The van der Waals surface area contributed by atoms with Crippen molar-refractivity contribution in [3.05, 3.63) is 76.3 Å². The van der Waals surface area contributed by atoms with E-state index in [9.17, 15) is 14.9 Å². The van der Waals surface area contributed by atoms with Crippen molar-refractivity contribution in [1.29, 1.82) is 0 Å². The molecule has 1 aromatic heterocycles. The molecule has 0 spiro atoms. The van der Waals surface area contributed by atoms with E-state index in [2.05, 4.69) is 27.3 Å². The van der Waals surface area contributed by atoms with Crippen LogP contribution in [-0.4, -0.2) is 34.1 Å². The first-order valence-electron chi connectivity index (χ1n) is 10.2. The number of anilines is 2. The van der Waals surface area contributed by atoms with Crippen LogP contribution in [0.3, 0.4) is 0 Å². The zero-order chi connectivity index (χ0) is 21.8. The molecule has 2 heterocycles. The monoisotopic (exact) mass is 417 g/mol. The number of carbonyl (C=O) groups excluding carboxylic acids is 1. The number of nitro groups is 1. The van der Waals surface area contributed by atoms with Crippen LogP contribution in [0.2, 0.25) is 0 Å². The fourth-order valence-electron chi connectivity index (χ4n) is 3.61. The highest BCUT2D eigenvalue weighted by molar-refractivity contribution is 6.04. The second kappa shape index (κ2) is 8.91. The molecule has 1 amide bonds. The number of amides is 1. The minimum Gasteiger partial charge on any atom is -0.355 e. The van der Waals surface area contributed by atoms with Gasteiger partial charge in [0.1, 0.15) is 0 Å². The van der Waals surface area contributed by atoms with E-state index >= 15 is 0 Å². The predicted octanol–water partition coefficient (Wildman–Crippen LogP) is 4.54. The van der Waals surface area contributed by atoms with Crippen molar-refractivity contribution in [3.8, 4) is 11.3 Å². The van der Waals surface area contributed by atoms with E-state index in [4.69, 9.17) is 0 Å². The molecule has 0 radical (unpaired) electrons. The lowest BCUT2D eigenvalue weighted by Gasteiger charge is -2.30. The van der Waals surface area contributed by atoms with Gasteiger partial charge in [0.25, 0.3) is 11.6 Å². The van der Waals surface area contributed by atoms with Gasteiger partial charge in [-0.1, -0.05) is 25.1 Å². The molecular weight excluding hydrogens is 394 g/mol. The van der Waals surface area contributed by atoms with Gasteiger partial charge in [-0.05, 0) is 49.1 Å². The van der Waals surface area contributed by atoms with Gasteiger partial charge >= 0.3 is 0 Å². The first-order chi connectivity index (χ1) is 15.0. The van der Waals surface area contributed by atoms with Crippen molar-refractivity contribution in [2.24, 2.45) is 5.92 Å². The molecule has 1 N–H and O–H groups in total. The highest BCUT2D eigenvalue weighted by atomic mass is 16.6. The van der Waals surface area contributed by atoms with Crippen LogP contribution in [0.25, 0.3) is 11.3 Å². The quantitative estimate of drug-likeness (QED) is 0.483. The summed E-state index contributed by atoms with van der Waals surface area (Å²) in [6.45, 7) is 4.26. The van der Waals surface area contributed by atoms with E-state index in [0.717, 1.165) is 43.2 Å². The zero-order valence-corrected chi connectivity index (χ0v) is 17.2. The molecule has 158 valence electrons. The molecule has 0 aliphatic carbocycles. The Labute approximate surface area is 180 Å². The standard InChI is InChI=1S/C23H23N5O3/c1-16-10-12-27(13-11-16)22-9-8-21(25-26-22)17-4-2-6-19(14-17)24-23(29)18-5-3-7-20(15-18)28(30)31/h2-9,14-16H,10-13H2,1H3,(H,24,29). The number of hydrogen-bond acceptors (Lipinski definition) is 6. The van der Waals surface area contributed by atoms with Crippen LogP contribution in [-0.2, 0) is 0 Å². The van der Waals surface area contributed by atoms with Gasteiger partial charge in [-0.15, -0.1) is 10.2 Å². The fraction of sp³-hybridized carbons (Fsp3) is 0.261. The van der Waals surface area contributed by atoms with E-state index < -0.39 is 10.8 Å². The summed E-state index contributed by atoms with van der Waals surface area (Å²) in [5.74, 6) is 1.22. The Morgan fingerprint density at radius 2 is 1.84 bits per heavy atom. The lowest BCUT2D eigenvalue weighted by atomic mass is 9.99. The molecule has 0 atom stereocenters. The Morgan fingerprint density at radius 3 is 2.55 bits per heavy atom. The highest BCUT2D eigenvalue weighted by Crippen LogP contribution is 2.25. The lowest BCUT2D eigenvalue weighted by Crippen LogP contribution is -2.33. The predicted molar refractivity (Wildman–Crippen MR) is 119 cm³/mol. The summed E-state index contributed by atoms with van der Waals surface area (Å²) in [5.41, 5.74) is 2.20. The third-order valence-electron chi connectivity index (χ3n) is 5.49. The average Bonchev–Trinajstić information content (AvgIpc) is 2.80. The van der Waals surface area contributed by atoms with Crippen LogP contribution in [0.4, 0.5) is 17.2 Å². The van der Waals surface area contributed by atoms with E-state index in [1.165, 1.54) is 24.3 Å². The minimum absolute atomic E-state index is 0.125. The van der Waals surface area contributed by atoms with Crippen molar-refractivity contribution in [2.75, 3.05) is 23.3 Å². The topological polar surface area (TPSA) is 101 Å². The van der Waals surface area contributed by atoms with Gasteiger partial charge in [0.05, 0.1) is 10.6 Å². The fourth-order valence-corrected chi connectivity index (χ4v) is 3.61. The van der Waals surface area contributed by atoms with Crippen LogP contribution >= 0.6 is 0 Å². The summed E-state index contributed by atoms with van der Waals surface area (Å²) in [7, 11) is 0. The van der Waals surface area contributed by atoms with Gasteiger partial charge in [-0.3, -0.25) is 14.9 Å². The summed E-state index contributed by atoms with van der Waals surface area (Å²) < 4.78 is 0. The summed E-state index contributed by atoms with van der Waals surface area (Å²) in [6, 6.07) is 16.8. The molecular formula is C23H23N5O3. The molecule has 8 nitrogen and oxygen atoms in total. The molecule has 2 aromatic carbocycles. The Hall–Kier alpha value is -3.81. The number of nitrogens with one attached hydrogen (secondary N) is 1. The number of hydrogen-bond donors (Lipinski definition) is 1. The first-order valence-corrected chi connectivity index (χ1v) is 10.2. The Morgan fingerprint density at radius 1 is 1.06 bits per heavy atom. The molecule has 31 heavy (non-hydrogen) atoms. The van der Waals surface area contributed by atoms with Gasteiger partial charge in [0.15, 0.2) is 5.82 Å². The third kappa shape index (κ3) is 4.85. The van der Waals surface area contributed by atoms with Gasteiger partial charge < -0.3 is 10.2 Å². The van der Waals surface area contributed by atoms with Crippen molar-refractivity contribution >= 4 is 23.1 Å². The van der Waals surface area contributed by atoms with Crippen LogP contribution in [0, 0.1) is 16.0 Å². The van der Waals surface area contributed by atoms with Crippen molar-refractivity contribution < 1.29 is 9.72 Å². The number of nitro benzene ring substituents is 1. The van der Waals surface area contributed by atoms with E-state index in [0.29, 0.717) is 11.4 Å². The first kappa shape index (κ1) is 20.5. The Kier molecular flexibility index (Phi) is 5.88.